The molecule has 0 bridgehead atoms. The van der Waals surface area contributed by atoms with Crippen molar-refractivity contribution in [1.82, 2.24) is 8.96 Å². The maximum atomic E-state index is 11.3. The van der Waals surface area contributed by atoms with Gasteiger partial charge < -0.3 is 0 Å². The predicted octanol–water partition coefficient (Wildman–Crippen LogP) is 1.15. The molecule has 0 saturated heterocycles. The first-order valence-corrected chi connectivity index (χ1v) is 5.98. The highest BCUT2D eigenvalue weighted by Crippen LogP contribution is 2.17. The standard InChI is InChI=1S/C9H10N2O2S/c1-7-4-3-5-8-9(7)10-6-11(8)14(2,12)13/h3-6H,1-2H3. The van der Waals surface area contributed by atoms with Crippen LogP contribution in [0.2, 0.25) is 0 Å². The highest BCUT2D eigenvalue weighted by Gasteiger charge is 2.11. The van der Waals surface area contributed by atoms with E-state index in [1.807, 2.05) is 19.1 Å². The third-order valence-corrected chi connectivity index (χ3v) is 3.11. The van der Waals surface area contributed by atoms with E-state index in [2.05, 4.69) is 4.98 Å². The minimum atomic E-state index is -3.25. The smallest absolute Gasteiger partial charge is 0.235 e. The van der Waals surface area contributed by atoms with Crippen molar-refractivity contribution in [2.24, 2.45) is 0 Å². The van der Waals surface area contributed by atoms with Crippen molar-refractivity contribution < 1.29 is 8.42 Å². The van der Waals surface area contributed by atoms with Crippen LogP contribution in [0.15, 0.2) is 24.5 Å². The molecule has 2 aromatic rings. The summed E-state index contributed by atoms with van der Waals surface area (Å²) < 4.78 is 23.9. The van der Waals surface area contributed by atoms with Crippen molar-refractivity contribution >= 4 is 21.1 Å². The molecule has 14 heavy (non-hydrogen) atoms. The monoisotopic (exact) mass is 210 g/mol. The zero-order chi connectivity index (χ0) is 10.3. The highest BCUT2D eigenvalue weighted by molar-refractivity contribution is 7.89. The number of benzene rings is 1. The molecule has 0 amide bonds. The number of aryl methyl sites for hydroxylation is 1. The lowest BCUT2D eigenvalue weighted by Crippen LogP contribution is -2.08. The molecule has 0 saturated carbocycles. The molecule has 0 atom stereocenters. The van der Waals surface area contributed by atoms with Crippen LogP contribution < -0.4 is 0 Å². The van der Waals surface area contributed by atoms with E-state index in [4.69, 9.17) is 0 Å². The molecule has 1 aromatic heterocycles. The third-order valence-electron chi connectivity index (χ3n) is 2.10. The van der Waals surface area contributed by atoms with Crippen molar-refractivity contribution in [2.75, 3.05) is 6.26 Å². The number of aromatic nitrogens is 2. The van der Waals surface area contributed by atoms with E-state index in [0.29, 0.717) is 5.52 Å². The second-order valence-corrected chi connectivity index (χ2v) is 5.11. The lowest BCUT2D eigenvalue weighted by Gasteiger charge is -2.00. The molecule has 4 nitrogen and oxygen atoms in total. The fraction of sp³-hybridized carbons (Fsp3) is 0.222. The van der Waals surface area contributed by atoms with Crippen LogP contribution in [-0.4, -0.2) is 23.6 Å². The Kier molecular flexibility index (Phi) is 1.85. The summed E-state index contributed by atoms with van der Waals surface area (Å²) in [5.74, 6) is 0. The van der Waals surface area contributed by atoms with E-state index >= 15 is 0 Å². The van der Waals surface area contributed by atoms with Gasteiger partial charge in [-0.05, 0) is 18.6 Å². The second-order valence-electron chi connectivity index (χ2n) is 3.25. The van der Waals surface area contributed by atoms with E-state index in [1.165, 1.54) is 10.3 Å². The molecule has 0 radical (unpaired) electrons. The SMILES string of the molecule is Cc1cccc2c1ncn2S(C)(=O)=O. The summed E-state index contributed by atoms with van der Waals surface area (Å²) in [7, 11) is -3.25. The number of hydrogen-bond donors (Lipinski definition) is 0. The van der Waals surface area contributed by atoms with Gasteiger partial charge in [0.1, 0.15) is 6.33 Å². The van der Waals surface area contributed by atoms with Crippen LogP contribution in [-0.2, 0) is 10.0 Å². The van der Waals surface area contributed by atoms with Crippen LogP contribution in [0.4, 0.5) is 0 Å². The summed E-state index contributed by atoms with van der Waals surface area (Å²) in [5, 5.41) is 0. The van der Waals surface area contributed by atoms with Gasteiger partial charge in [-0.1, -0.05) is 12.1 Å². The van der Waals surface area contributed by atoms with Crippen LogP contribution in [0.5, 0.6) is 0 Å². The minimum absolute atomic E-state index is 0.632. The van der Waals surface area contributed by atoms with Crippen LogP contribution >= 0.6 is 0 Å². The predicted molar refractivity (Wildman–Crippen MR) is 54.7 cm³/mol. The van der Waals surface area contributed by atoms with Gasteiger partial charge in [0.25, 0.3) is 0 Å². The Balaban J connectivity index is 2.90. The highest BCUT2D eigenvalue weighted by atomic mass is 32.2. The van der Waals surface area contributed by atoms with Crippen molar-refractivity contribution in [3.63, 3.8) is 0 Å². The number of fused-ring (bicyclic) bond motifs is 1. The summed E-state index contributed by atoms with van der Waals surface area (Å²) in [6.45, 7) is 1.90. The molecule has 5 heteroatoms. The molecule has 2 rings (SSSR count). The largest absolute Gasteiger partial charge is 0.237 e. The van der Waals surface area contributed by atoms with Gasteiger partial charge in [-0.3, -0.25) is 0 Å². The second kappa shape index (κ2) is 2.81. The topological polar surface area (TPSA) is 52.0 Å². The quantitative estimate of drug-likeness (QED) is 0.709. The number of para-hydroxylation sites is 1. The maximum Gasteiger partial charge on any atom is 0.237 e. The summed E-state index contributed by atoms with van der Waals surface area (Å²) in [6.07, 6.45) is 2.50. The summed E-state index contributed by atoms with van der Waals surface area (Å²) in [5.41, 5.74) is 2.34. The average molecular weight is 210 g/mol. The van der Waals surface area contributed by atoms with E-state index in [9.17, 15) is 8.42 Å². The van der Waals surface area contributed by atoms with Gasteiger partial charge in [-0.2, -0.15) is 0 Å². The molecule has 0 aliphatic rings. The Labute approximate surface area is 82.2 Å². The van der Waals surface area contributed by atoms with Crippen LogP contribution in [0.3, 0.4) is 0 Å². The lowest BCUT2D eigenvalue weighted by molar-refractivity contribution is 0.595. The average Bonchev–Trinajstić information content (AvgIpc) is 2.47. The molecule has 0 unspecified atom stereocenters. The minimum Gasteiger partial charge on any atom is -0.235 e. The molecular formula is C9H10N2O2S. The molecule has 74 valence electrons. The van der Waals surface area contributed by atoms with Crippen LogP contribution in [0.1, 0.15) is 5.56 Å². The van der Waals surface area contributed by atoms with Crippen molar-refractivity contribution in [1.29, 1.82) is 0 Å². The van der Waals surface area contributed by atoms with Gasteiger partial charge in [0.05, 0.1) is 17.3 Å². The number of imidazole rings is 1. The van der Waals surface area contributed by atoms with E-state index < -0.39 is 10.0 Å². The summed E-state index contributed by atoms with van der Waals surface area (Å²) in [6, 6.07) is 5.47. The molecule has 1 aromatic carbocycles. The number of rotatable bonds is 1. The normalized spacial score (nSPS) is 12.1. The third kappa shape index (κ3) is 1.29. The van der Waals surface area contributed by atoms with Gasteiger partial charge in [0.15, 0.2) is 0 Å². The van der Waals surface area contributed by atoms with E-state index in [-0.39, 0.29) is 0 Å². The van der Waals surface area contributed by atoms with Crippen molar-refractivity contribution in [3.05, 3.63) is 30.1 Å². The fourth-order valence-electron chi connectivity index (χ4n) is 1.43. The first-order valence-electron chi connectivity index (χ1n) is 4.13. The zero-order valence-corrected chi connectivity index (χ0v) is 8.75. The number of nitrogens with zero attached hydrogens (tertiary/aromatic N) is 2. The molecule has 0 fully saturated rings. The zero-order valence-electron chi connectivity index (χ0n) is 7.93. The first kappa shape index (κ1) is 9.21. The Hall–Kier alpha value is -1.36. The van der Waals surface area contributed by atoms with Crippen molar-refractivity contribution in [3.8, 4) is 0 Å². The van der Waals surface area contributed by atoms with Crippen LogP contribution in [0.25, 0.3) is 11.0 Å². The Morgan fingerprint density at radius 3 is 2.71 bits per heavy atom. The van der Waals surface area contributed by atoms with Gasteiger partial charge in [-0.15, -0.1) is 0 Å². The van der Waals surface area contributed by atoms with E-state index in [0.717, 1.165) is 17.3 Å². The summed E-state index contributed by atoms with van der Waals surface area (Å²) >= 11 is 0. The van der Waals surface area contributed by atoms with Crippen molar-refractivity contribution in [2.45, 2.75) is 6.92 Å². The maximum absolute atomic E-state index is 11.3. The van der Waals surface area contributed by atoms with Gasteiger partial charge in [0.2, 0.25) is 10.0 Å². The van der Waals surface area contributed by atoms with Gasteiger partial charge in [-0.25, -0.2) is 17.4 Å². The fourth-order valence-corrected chi connectivity index (χ4v) is 2.15. The molecular weight excluding hydrogens is 200 g/mol. The first-order chi connectivity index (χ1) is 6.50. The molecule has 0 aliphatic heterocycles. The molecule has 0 spiro atoms. The number of hydrogen-bond acceptors (Lipinski definition) is 3. The Morgan fingerprint density at radius 2 is 2.07 bits per heavy atom. The lowest BCUT2D eigenvalue weighted by atomic mass is 10.2. The van der Waals surface area contributed by atoms with Crippen LogP contribution in [0, 0.1) is 6.92 Å². The van der Waals surface area contributed by atoms with E-state index in [1.54, 1.807) is 6.07 Å². The molecule has 1 heterocycles. The van der Waals surface area contributed by atoms with Gasteiger partial charge >= 0.3 is 0 Å². The molecule has 0 aliphatic carbocycles. The molecule has 0 N–H and O–H groups in total. The Bertz CT molecular complexity index is 584. The Morgan fingerprint density at radius 1 is 1.36 bits per heavy atom. The van der Waals surface area contributed by atoms with Gasteiger partial charge in [0, 0.05) is 0 Å². The summed E-state index contributed by atoms with van der Waals surface area (Å²) in [4.78, 5) is 4.07.